The molecule has 4 heteroatoms. The van der Waals surface area contributed by atoms with Crippen molar-refractivity contribution in [3.8, 4) is 0 Å². The van der Waals surface area contributed by atoms with Crippen molar-refractivity contribution in [3.05, 3.63) is 12.3 Å². The molecule has 2 aliphatic heterocycles. The van der Waals surface area contributed by atoms with Gasteiger partial charge < -0.3 is 10.6 Å². The zero-order valence-electron chi connectivity index (χ0n) is 7.03. The molecule has 0 bridgehead atoms. The molecule has 0 aromatic rings. The molecule has 2 aliphatic rings. The molecule has 0 amide bonds. The second-order valence-corrected chi connectivity index (χ2v) is 2.98. The molecule has 2 N–H and O–H groups in total. The van der Waals surface area contributed by atoms with Gasteiger partial charge in [0.1, 0.15) is 0 Å². The Morgan fingerprint density at radius 1 is 1.33 bits per heavy atom. The highest BCUT2D eigenvalue weighted by atomic mass is 15.4. The Balaban J connectivity index is 1.90. The van der Waals surface area contributed by atoms with Gasteiger partial charge in [0.2, 0.25) is 0 Å². The molecule has 2 heterocycles. The van der Waals surface area contributed by atoms with Crippen molar-refractivity contribution in [1.29, 1.82) is 0 Å². The highest BCUT2D eigenvalue weighted by Gasteiger charge is 2.17. The van der Waals surface area contributed by atoms with E-state index in [0.717, 1.165) is 26.2 Å². The Morgan fingerprint density at radius 2 is 2.17 bits per heavy atom. The maximum Gasteiger partial charge on any atom is 0.175 e. The van der Waals surface area contributed by atoms with Gasteiger partial charge in [-0.2, -0.15) is 0 Å². The van der Waals surface area contributed by atoms with Crippen LogP contribution in [0.2, 0.25) is 0 Å². The lowest BCUT2D eigenvalue weighted by atomic mass is 10.3. The van der Waals surface area contributed by atoms with Crippen LogP contribution in [0, 0.1) is 0 Å². The van der Waals surface area contributed by atoms with Crippen molar-refractivity contribution < 1.29 is 0 Å². The molecule has 1 saturated heterocycles. The number of hydrogen-bond donors (Lipinski definition) is 2. The Labute approximate surface area is 72.3 Å². The summed E-state index contributed by atoms with van der Waals surface area (Å²) in [6.07, 6.45) is 5.87. The average Bonchev–Trinajstić information content (AvgIpc) is 2.21. The number of nitrogens with zero attached hydrogens (tertiary/aromatic N) is 2. The first-order valence-electron chi connectivity index (χ1n) is 4.36. The van der Waals surface area contributed by atoms with Gasteiger partial charge in [0.25, 0.3) is 0 Å². The lowest BCUT2D eigenvalue weighted by molar-refractivity contribution is 0.162. The zero-order valence-corrected chi connectivity index (χ0v) is 7.03. The topological polar surface area (TPSA) is 39.7 Å². The largest absolute Gasteiger partial charge is 0.358 e. The average molecular weight is 166 g/mol. The summed E-state index contributed by atoms with van der Waals surface area (Å²) in [5, 5.41) is 6.52. The summed E-state index contributed by atoms with van der Waals surface area (Å²) in [6, 6.07) is 0. The van der Waals surface area contributed by atoms with Crippen LogP contribution in [-0.2, 0) is 0 Å². The molecule has 1 unspecified atom stereocenters. The van der Waals surface area contributed by atoms with Crippen LogP contribution >= 0.6 is 0 Å². The lowest BCUT2D eigenvalue weighted by Gasteiger charge is -2.33. The molecular formula is C8H14N4. The molecule has 0 radical (unpaired) electrons. The van der Waals surface area contributed by atoms with Crippen LogP contribution in [-0.4, -0.2) is 43.6 Å². The Morgan fingerprint density at radius 3 is 2.83 bits per heavy atom. The van der Waals surface area contributed by atoms with Crippen molar-refractivity contribution in [2.75, 3.05) is 26.2 Å². The summed E-state index contributed by atoms with van der Waals surface area (Å²) < 4.78 is 0. The second kappa shape index (κ2) is 3.69. The third-order valence-electron chi connectivity index (χ3n) is 2.15. The second-order valence-electron chi connectivity index (χ2n) is 2.98. The Kier molecular flexibility index (Phi) is 2.39. The van der Waals surface area contributed by atoms with Gasteiger partial charge in [0.05, 0.1) is 0 Å². The van der Waals surface area contributed by atoms with E-state index < -0.39 is 0 Å². The number of rotatable bonds is 1. The zero-order chi connectivity index (χ0) is 8.23. The van der Waals surface area contributed by atoms with Crippen LogP contribution in [0.15, 0.2) is 17.3 Å². The highest BCUT2D eigenvalue weighted by Crippen LogP contribution is 2.01. The summed E-state index contributed by atoms with van der Waals surface area (Å²) in [6.45, 7) is 4.28. The standard InChI is InChI=1S/C8H14N4/c1-2-10-8(11-3-1)12-6-4-9-5-7-12/h1-3,8-10H,4-7H2. The summed E-state index contributed by atoms with van der Waals surface area (Å²) in [7, 11) is 0. The fourth-order valence-corrected chi connectivity index (χ4v) is 1.49. The fourth-order valence-electron chi connectivity index (χ4n) is 1.49. The van der Waals surface area contributed by atoms with E-state index in [4.69, 9.17) is 0 Å². The molecule has 0 aromatic heterocycles. The van der Waals surface area contributed by atoms with Gasteiger partial charge in [-0.1, -0.05) is 0 Å². The van der Waals surface area contributed by atoms with Gasteiger partial charge in [0, 0.05) is 38.6 Å². The molecule has 0 spiro atoms. The monoisotopic (exact) mass is 166 g/mol. The van der Waals surface area contributed by atoms with E-state index in [2.05, 4.69) is 20.5 Å². The smallest absolute Gasteiger partial charge is 0.175 e. The molecule has 0 aliphatic carbocycles. The Bertz CT molecular complexity index is 193. The maximum absolute atomic E-state index is 4.33. The SMILES string of the molecule is C1=CNC(N2CCNCC2)N=C1. The Hall–Kier alpha value is -0.870. The van der Waals surface area contributed by atoms with Crippen LogP contribution in [0.4, 0.5) is 0 Å². The van der Waals surface area contributed by atoms with E-state index >= 15 is 0 Å². The van der Waals surface area contributed by atoms with E-state index in [-0.39, 0.29) is 6.29 Å². The van der Waals surface area contributed by atoms with E-state index in [1.54, 1.807) is 0 Å². The van der Waals surface area contributed by atoms with Crippen molar-refractivity contribution in [2.24, 2.45) is 4.99 Å². The quantitative estimate of drug-likeness (QED) is 0.544. The van der Waals surface area contributed by atoms with E-state index in [9.17, 15) is 0 Å². The normalized spacial score (nSPS) is 30.2. The summed E-state index contributed by atoms with van der Waals surface area (Å²) in [5.74, 6) is 0. The number of aliphatic imine (C=N–C) groups is 1. The summed E-state index contributed by atoms with van der Waals surface area (Å²) in [4.78, 5) is 6.66. The molecule has 4 nitrogen and oxygen atoms in total. The van der Waals surface area contributed by atoms with Crippen molar-refractivity contribution in [2.45, 2.75) is 6.29 Å². The highest BCUT2D eigenvalue weighted by molar-refractivity contribution is 5.71. The first kappa shape index (κ1) is 7.76. The van der Waals surface area contributed by atoms with E-state index in [1.807, 2.05) is 18.5 Å². The third kappa shape index (κ3) is 1.65. The maximum atomic E-state index is 4.33. The van der Waals surface area contributed by atoms with Gasteiger partial charge in [-0.05, 0) is 6.08 Å². The van der Waals surface area contributed by atoms with E-state index in [0.29, 0.717) is 0 Å². The predicted molar refractivity (Wildman–Crippen MR) is 49.0 cm³/mol. The van der Waals surface area contributed by atoms with E-state index in [1.165, 1.54) is 0 Å². The third-order valence-corrected chi connectivity index (χ3v) is 2.15. The van der Waals surface area contributed by atoms with Crippen molar-refractivity contribution >= 4 is 6.21 Å². The molecule has 1 atom stereocenters. The number of nitrogens with one attached hydrogen (secondary N) is 2. The van der Waals surface area contributed by atoms with Crippen LogP contribution in [0.3, 0.4) is 0 Å². The number of hydrogen-bond acceptors (Lipinski definition) is 4. The minimum atomic E-state index is 0.164. The molecule has 1 fully saturated rings. The first-order chi connectivity index (χ1) is 5.97. The predicted octanol–water partition coefficient (Wildman–Crippen LogP) is -0.637. The first-order valence-corrected chi connectivity index (χ1v) is 4.36. The molecule has 0 aromatic carbocycles. The van der Waals surface area contributed by atoms with Crippen LogP contribution < -0.4 is 10.6 Å². The van der Waals surface area contributed by atoms with Crippen molar-refractivity contribution in [1.82, 2.24) is 15.5 Å². The minimum Gasteiger partial charge on any atom is -0.358 e. The molecular weight excluding hydrogens is 152 g/mol. The van der Waals surface area contributed by atoms with Crippen LogP contribution in [0.1, 0.15) is 0 Å². The van der Waals surface area contributed by atoms with Gasteiger partial charge in [-0.25, -0.2) is 0 Å². The molecule has 66 valence electrons. The van der Waals surface area contributed by atoms with Gasteiger partial charge in [-0.15, -0.1) is 0 Å². The lowest BCUT2D eigenvalue weighted by Crippen LogP contribution is -2.52. The van der Waals surface area contributed by atoms with Crippen molar-refractivity contribution in [3.63, 3.8) is 0 Å². The van der Waals surface area contributed by atoms with Gasteiger partial charge in [-0.3, -0.25) is 9.89 Å². The molecule has 0 saturated carbocycles. The van der Waals surface area contributed by atoms with Gasteiger partial charge >= 0.3 is 0 Å². The molecule has 2 rings (SSSR count). The molecule has 12 heavy (non-hydrogen) atoms. The summed E-state index contributed by atoms with van der Waals surface area (Å²) >= 11 is 0. The fraction of sp³-hybridized carbons (Fsp3) is 0.625. The van der Waals surface area contributed by atoms with Gasteiger partial charge in [0.15, 0.2) is 6.29 Å². The number of allylic oxidation sites excluding steroid dienone is 1. The minimum absolute atomic E-state index is 0.164. The number of piperazine rings is 1. The van der Waals surface area contributed by atoms with Crippen LogP contribution in [0.5, 0.6) is 0 Å². The van der Waals surface area contributed by atoms with Crippen LogP contribution in [0.25, 0.3) is 0 Å². The summed E-state index contributed by atoms with van der Waals surface area (Å²) in [5.41, 5.74) is 0.